The maximum absolute atomic E-state index is 5.95. The lowest BCUT2D eigenvalue weighted by atomic mass is 10.2. The van der Waals surface area contributed by atoms with Crippen LogP contribution in [0.2, 0.25) is 20.1 Å². The second-order valence-corrected chi connectivity index (χ2v) is 4.25. The molecule has 0 radical (unpaired) electrons. The van der Waals surface area contributed by atoms with Crippen LogP contribution >= 0.6 is 46.4 Å². The summed E-state index contributed by atoms with van der Waals surface area (Å²) < 4.78 is 0. The van der Waals surface area contributed by atoms with Gasteiger partial charge in [0.05, 0.1) is 25.7 Å². The van der Waals surface area contributed by atoms with Gasteiger partial charge >= 0.3 is 0 Å². The lowest BCUT2D eigenvalue weighted by Crippen LogP contribution is -1.95. The third-order valence-electron chi connectivity index (χ3n) is 1.60. The molecule has 1 rings (SSSR count). The molecule has 0 saturated carbocycles. The third-order valence-corrected chi connectivity index (χ3v) is 3.16. The first-order chi connectivity index (χ1) is 7.07. The summed E-state index contributed by atoms with van der Waals surface area (Å²) in [5.74, 6) is 5.65. The first kappa shape index (κ1) is 13.0. The van der Waals surface area contributed by atoms with E-state index >= 15 is 0 Å². The van der Waals surface area contributed by atoms with Crippen molar-refractivity contribution >= 4 is 46.4 Å². The SMILES string of the molecule is NCCC#Cc1c(Cl)cc(Cl)c(Cl)c1Cl. The van der Waals surface area contributed by atoms with Crippen LogP contribution in [-0.2, 0) is 0 Å². The minimum Gasteiger partial charge on any atom is -0.330 e. The van der Waals surface area contributed by atoms with Crippen molar-refractivity contribution in [2.75, 3.05) is 6.54 Å². The van der Waals surface area contributed by atoms with Gasteiger partial charge in [0.15, 0.2) is 0 Å². The lowest BCUT2D eigenvalue weighted by Gasteiger charge is -2.03. The van der Waals surface area contributed by atoms with Crippen molar-refractivity contribution in [3.63, 3.8) is 0 Å². The Kier molecular flexibility index (Phi) is 5.05. The zero-order chi connectivity index (χ0) is 11.4. The molecule has 80 valence electrons. The maximum Gasteiger partial charge on any atom is 0.0792 e. The molecule has 0 atom stereocenters. The molecule has 0 amide bonds. The van der Waals surface area contributed by atoms with Crippen LogP contribution in [0.4, 0.5) is 0 Å². The van der Waals surface area contributed by atoms with Gasteiger partial charge in [-0.2, -0.15) is 0 Å². The molecule has 15 heavy (non-hydrogen) atoms. The zero-order valence-electron chi connectivity index (χ0n) is 7.58. The van der Waals surface area contributed by atoms with Gasteiger partial charge in [-0.3, -0.25) is 0 Å². The molecule has 0 aliphatic heterocycles. The normalized spacial score (nSPS) is 9.67. The molecule has 2 N–H and O–H groups in total. The Morgan fingerprint density at radius 2 is 1.73 bits per heavy atom. The van der Waals surface area contributed by atoms with E-state index in [0.717, 1.165) is 0 Å². The molecule has 0 unspecified atom stereocenters. The highest BCUT2D eigenvalue weighted by Gasteiger charge is 2.11. The molecule has 0 heterocycles. The Labute approximate surface area is 108 Å². The smallest absolute Gasteiger partial charge is 0.0792 e. The number of benzene rings is 1. The van der Waals surface area contributed by atoms with Crippen LogP contribution < -0.4 is 5.73 Å². The summed E-state index contributed by atoms with van der Waals surface area (Å²) in [7, 11) is 0. The van der Waals surface area contributed by atoms with Gasteiger partial charge in [0.2, 0.25) is 0 Å². The van der Waals surface area contributed by atoms with Crippen molar-refractivity contribution in [1.29, 1.82) is 0 Å². The Morgan fingerprint density at radius 3 is 2.33 bits per heavy atom. The molecule has 0 saturated heterocycles. The van der Waals surface area contributed by atoms with Crippen LogP contribution in [-0.4, -0.2) is 6.54 Å². The number of hydrogen-bond donors (Lipinski definition) is 1. The van der Waals surface area contributed by atoms with Gasteiger partial charge in [-0.15, -0.1) is 0 Å². The molecule has 0 bridgehead atoms. The number of halogens is 4. The van der Waals surface area contributed by atoms with E-state index in [1.807, 2.05) is 0 Å². The number of rotatable bonds is 1. The molecular formula is C10H7Cl4N. The van der Waals surface area contributed by atoms with E-state index in [-0.39, 0.29) is 10.0 Å². The quantitative estimate of drug-likeness (QED) is 0.470. The first-order valence-corrected chi connectivity index (χ1v) is 5.61. The van der Waals surface area contributed by atoms with E-state index in [4.69, 9.17) is 52.1 Å². The Morgan fingerprint density at radius 1 is 1.07 bits per heavy atom. The van der Waals surface area contributed by atoms with Crippen molar-refractivity contribution in [1.82, 2.24) is 0 Å². The lowest BCUT2D eigenvalue weighted by molar-refractivity contribution is 1.03. The van der Waals surface area contributed by atoms with Gasteiger partial charge in [0.25, 0.3) is 0 Å². The fourth-order valence-corrected chi connectivity index (χ4v) is 1.91. The van der Waals surface area contributed by atoms with E-state index in [1.54, 1.807) is 0 Å². The molecule has 1 aromatic rings. The highest BCUT2D eigenvalue weighted by atomic mass is 35.5. The van der Waals surface area contributed by atoms with E-state index < -0.39 is 0 Å². The Hall–Kier alpha value is -0.100. The summed E-state index contributed by atoms with van der Waals surface area (Å²) in [5.41, 5.74) is 5.79. The van der Waals surface area contributed by atoms with Crippen molar-refractivity contribution in [2.24, 2.45) is 5.73 Å². The largest absolute Gasteiger partial charge is 0.330 e. The van der Waals surface area contributed by atoms with Crippen LogP contribution in [0.5, 0.6) is 0 Å². The van der Waals surface area contributed by atoms with Crippen LogP contribution in [0, 0.1) is 11.8 Å². The van der Waals surface area contributed by atoms with Gasteiger partial charge in [0, 0.05) is 13.0 Å². The summed E-state index contributed by atoms with van der Waals surface area (Å²) in [6.07, 6.45) is 0.576. The molecule has 0 spiro atoms. The van der Waals surface area contributed by atoms with E-state index in [9.17, 15) is 0 Å². The second-order valence-electron chi connectivity index (χ2n) is 2.68. The van der Waals surface area contributed by atoms with Crippen molar-refractivity contribution in [3.05, 3.63) is 31.7 Å². The fourth-order valence-electron chi connectivity index (χ4n) is 0.904. The fraction of sp³-hybridized carbons (Fsp3) is 0.200. The number of nitrogens with two attached hydrogens (primary N) is 1. The van der Waals surface area contributed by atoms with E-state index in [0.29, 0.717) is 28.6 Å². The highest BCUT2D eigenvalue weighted by molar-refractivity contribution is 6.49. The minimum atomic E-state index is 0.264. The van der Waals surface area contributed by atoms with Crippen molar-refractivity contribution in [3.8, 4) is 11.8 Å². The monoisotopic (exact) mass is 281 g/mol. The molecule has 0 aromatic heterocycles. The Balaban J connectivity index is 3.20. The summed E-state index contributed by atoms with van der Waals surface area (Å²) in [6.45, 7) is 0.490. The maximum atomic E-state index is 5.95. The average Bonchev–Trinajstić information content (AvgIpc) is 2.20. The highest BCUT2D eigenvalue weighted by Crippen LogP contribution is 2.36. The van der Waals surface area contributed by atoms with Crippen molar-refractivity contribution in [2.45, 2.75) is 6.42 Å². The average molecular weight is 283 g/mol. The van der Waals surface area contributed by atoms with E-state index in [2.05, 4.69) is 11.8 Å². The molecule has 1 aromatic carbocycles. The Bertz CT molecular complexity index is 431. The van der Waals surface area contributed by atoms with Gasteiger partial charge in [0.1, 0.15) is 0 Å². The molecule has 0 fully saturated rings. The predicted octanol–water partition coefficient (Wildman–Crippen LogP) is 4.00. The number of hydrogen-bond acceptors (Lipinski definition) is 1. The van der Waals surface area contributed by atoms with Crippen LogP contribution in [0.1, 0.15) is 12.0 Å². The first-order valence-electron chi connectivity index (χ1n) is 4.10. The van der Waals surface area contributed by atoms with Gasteiger partial charge in [-0.05, 0) is 6.07 Å². The molecule has 1 nitrogen and oxygen atoms in total. The second kappa shape index (κ2) is 5.84. The predicted molar refractivity (Wildman–Crippen MR) is 67.0 cm³/mol. The van der Waals surface area contributed by atoms with E-state index in [1.165, 1.54) is 6.07 Å². The summed E-state index contributed by atoms with van der Waals surface area (Å²) in [4.78, 5) is 0. The molecule has 0 aliphatic carbocycles. The summed E-state index contributed by atoms with van der Waals surface area (Å²) in [6, 6.07) is 1.52. The molecule has 0 aliphatic rings. The standard InChI is InChI=1S/C10H7Cl4N/c11-7-5-8(12)10(14)9(13)6(7)3-1-2-4-15/h5H,2,4,15H2. The summed E-state index contributed by atoms with van der Waals surface area (Å²) >= 11 is 23.5. The zero-order valence-corrected chi connectivity index (χ0v) is 10.6. The topological polar surface area (TPSA) is 26.0 Å². The summed E-state index contributed by atoms with van der Waals surface area (Å²) in [5, 5.41) is 1.24. The van der Waals surface area contributed by atoms with Crippen LogP contribution in [0.25, 0.3) is 0 Å². The third kappa shape index (κ3) is 3.17. The minimum absolute atomic E-state index is 0.264. The van der Waals surface area contributed by atoms with Crippen LogP contribution in [0.3, 0.4) is 0 Å². The van der Waals surface area contributed by atoms with Gasteiger partial charge < -0.3 is 5.73 Å². The van der Waals surface area contributed by atoms with Crippen LogP contribution in [0.15, 0.2) is 6.07 Å². The molecule has 5 heteroatoms. The van der Waals surface area contributed by atoms with Gasteiger partial charge in [-0.1, -0.05) is 58.2 Å². The molecular weight excluding hydrogens is 276 g/mol. The van der Waals surface area contributed by atoms with Crippen molar-refractivity contribution < 1.29 is 0 Å². The van der Waals surface area contributed by atoms with Gasteiger partial charge in [-0.25, -0.2) is 0 Å².